The van der Waals surface area contributed by atoms with E-state index in [0.717, 1.165) is 12.1 Å². The minimum Gasteiger partial charge on any atom is -0.467 e. The molecule has 0 amide bonds. The lowest BCUT2D eigenvalue weighted by Gasteiger charge is -2.14. The van der Waals surface area contributed by atoms with Crippen LogP contribution in [0.15, 0.2) is 41.0 Å². The third kappa shape index (κ3) is 3.48. The van der Waals surface area contributed by atoms with Crippen molar-refractivity contribution >= 4 is 26.7 Å². The highest BCUT2D eigenvalue weighted by Gasteiger charge is 2.30. The minimum absolute atomic E-state index is 0.0541. The summed E-state index contributed by atoms with van der Waals surface area (Å²) in [6.45, 7) is -0.0541. The molecule has 0 fully saturated rings. The number of nitrogens with zero attached hydrogens (tertiary/aromatic N) is 1. The van der Waals surface area contributed by atoms with Gasteiger partial charge in [-0.3, -0.25) is 0 Å². The largest absolute Gasteiger partial charge is 0.467 e. The molecule has 1 atom stereocenters. The number of benzene rings is 1. The number of aromatic nitrogens is 1. The third-order valence-electron chi connectivity index (χ3n) is 3.32. The molecule has 0 aliphatic heterocycles. The van der Waals surface area contributed by atoms with Crippen LogP contribution >= 0.6 is 11.3 Å². The second-order valence-corrected chi connectivity index (χ2v) is 5.95. The molecule has 3 aromatic rings. The van der Waals surface area contributed by atoms with Gasteiger partial charge in [-0.2, -0.15) is 13.2 Å². The van der Waals surface area contributed by atoms with Gasteiger partial charge in [0.25, 0.3) is 0 Å². The molecule has 2 aromatic heterocycles. The number of halogens is 3. The monoisotopic (exact) mass is 342 g/mol. The van der Waals surface area contributed by atoms with Crippen LogP contribution < -0.4 is 5.32 Å². The summed E-state index contributed by atoms with van der Waals surface area (Å²) >= 11 is 1.26. The quantitative estimate of drug-likeness (QED) is 0.719. The van der Waals surface area contributed by atoms with E-state index in [-0.39, 0.29) is 18.2 Å². The Labute approximate surface area is 133 Å². The first-order chi connectivity index (χ1) is 11.0. The first kappa shape index (κ1) is 15.8. The molecular weight excluding hydrogens is 329 g/mol. The van der Waals surface area contributed by atoms with Crippen molar-refractivity contribution < 1.29 is 22.7 Å². The van der Waals surface area contributed by atoms with Gasteiger partial charge in [0.05, 0.1) is 28.1 Å². The standard InChI is InChI=1S/C15H13F3N2O2S/c16-15(17,18)9-3-4-13-11(8-9)20-14(23-13)19-10(5-6-21)12-2-1-7-22-12/h1-4,7-8,10,21H,5-6H2,(H,19,20). The van der Waals surface area contributed by atoms with Crippen LogP contribution in [0.25, 0.3) is 10.2 Å². The highest BCUT2D eigenvalue weighted by atomic mass is 32.1. The summed E-state index contributed by atoms with van der Waals surface area (Å²) in [5, 5.41) is 12.7. The summed E-state index contributed by atoms with van der Waals surface area (Å²) < 4.78 is 44.2. The molecule has 8 heteroatoms. The minimum atomic E-state index is -4.39. The van der Waals surface area contributed by atoms with Gasteiger partial charge in [0, 0.05) is 6.61 Å². The topological polar surface area (TPSA) is 58.3 Å². The molecule has 23 heavy (non-hydrogen) atoms. The number of hydrogen-bond acceptors (Lipinski definition) is 5. The summed E-state index contributed by atoms with van der Waals surface area (Å²) in [6, 6.07) is 6.69. The zero-order chi connectivity index (χ0) is 16.4. The van der Waals surface area contributed by atoms with Crippen LogP contribution in [0.5, 0.6) is 0 Å². The maximum absolute atomic E-state index is 12.7. The molecule has 122 valence electrons. The number of nitrogens with one attached hydrogen (secondary N) is 1. The second-order valence-electron chi connectivity index (χ2n) is 4.92. The number of thiazole rings is 1. The van der Waals surface area contributed by atoms with Gasteiger partial charge >= 0.3 is 6.18 Å². The number of rotatable bonds is 5. The molecule has 1 unspecified atom stereocenters. The lowest BCUT2D eigenvalue weighted by atomic mass is 10.1. The van der Waals surface area contributed by atoms with E-state index in [9.17, 15) is 13.2 Å². The van der Waals surface area contributed by atoms with E-state index in [1.807, 2.05) is 0 Å². The fourth-order valence-corrected chi connectivity index (χ4v) is 3.12. The predicted octanol–water partition coefficient (Wildman–Crippen LogP) is 4.44. The average Bonchev–Trinajstić information content (AvgIpc) is 3.14. The summed E-state index contributed by atoms with van der Waals surface area (Å²) in [5.74, 6) is 0.634. The number of anilines is 1. The summed E-state index contributed by atoms with van der Waals surface area (Å²) in [7, 11) is 0. The van der Waals surface area contributed by atoms with Gasteiger partial charge in [-0.05, 0) is 36.8 Å². The summed E-state index contributed by atoms with van der Waals surface area (Å²) in [5.41, 5.74) is -0.436. The fourth-order valence-electron chi connectivity index (χ4n) is 2.22. The van der Waals surface area contributed by atoms with Crippen molar-refractivity contribution in [3.05, 3.63) is 47.9 Å². The summed E-state index contributed by atoms with van der Waals surface area (Å²) in [4.78, 5) is 4.20. The number of aliphatic hydroxyl groups excluding tert-OH is 1. The van der Waals surface area contributed by atoms with Gasteiger partial charge in [0.1, 0.15) is 5.76 Å². The second kappa shape index (κ2) is 6.21. The number of furan rings is 1. The zero-order valence-corrected chi connectivity index (χ0v) is 12.6. The molecule has 0 saturated carbocycles. The Morgan fingerprint density at radius 3 is 2.78 bits per heavy atom. The Kier molecular flexibility index (Phi) is 4.27. The molecule has 2 heterocycles. The van der Waals surface area contributed by atoms with Crippen LogP contribution in [0.3, 0.4) is 0 Å². The van der Waals surface area contributed by atoms with Crippen LogP contribution in [0.4, 0.5) is 18.3 Å². The van der Waals surface area contributed by atoms with Crippen molar-refractivity contribution in [2.45, 2.75) is 18.6 Å². The summed E-state index contributed by atoms with van der Waals surface area (Å²) in [6.07, 6.45) is -2.47. The number of aliphatic hydroxyl groups is 1. The molecule has 2 N–H and O–H groups in total. The molecular formula is C15H13F3N2O2S. The highest BCUT2D eigenvalue weighted by molar-refractivity contribution is 7.22. The Morgan fingerprint density at radius 2 is 2.13 bits per heavy atom. The van der Waals surface area contributed by atoms with Crippen molar-refractivity contribution in [2.75, 3.05) is 11.9 Å². The molecule has 0 aliphatic rings. The molecule has 0 aliphatic carbocycles. The molecule has 1 aromatic carbocycles. The highest BCUT2D eigenvalue weighted by Crippen LogP contribution is 2.35. The zero-order valence-electron chi connectivity index (χ0n) is 11.8. The number of alkyl halides is 3. The normalized spacial score (nSPS) is 13.4. The van der Waals surface area contributed by atoms with Gasteiger partial charge in [-0.15, -0.1) is 0 Å². The Morgan fingerprint density at radius 1 is 1.30 bits per heavy atom. The predicted molar refractivity (Wildman–Crippen MR) is 81.4 cm³/mol. The van der Waals surface area contributed by atoms with Gasteiger partial charge < -0.3 is 14.8 Å². The molecule has 0 saturated heterocycles. The maximum atomic E-state index is 12.7. The molecule has 0 bridgehead atoms. The average molecular weight is 342 g/mol. The van der Waals surface area contributed by atoms with Crippen molar-refractivity contribution in [1.82, 2.24) is 4.98 Å². The van der Waals surface area contributed by atoms with Crippen LogP contribution in [0.1, 0.15) is 23.8 Å². The van der Waals surface area contributed by atoms with Crippen LogP contribution in [-0.4, -0.2) is 16.7 Å². The van der Waals surface area contributed by atoms with Gasteiger partial charge in [0.2, 0.25) is 0 Å². The van der Waals surface area contributed by atoms with E-state index in [4.69, 9.17) is 9.52 Å². The third-order valence-corrected chi connectivity index (χ3v) is 4.28. The van der Waals surface area contributed by atoms with Gasteiger partial charge in [0.15, 0.2) is 5.13 Å². The Bertz CT molecular complexity index is 784. The van der Waals surface area contributed by atoms with Crippen LogP contribution in [0, 0.1) is 0 Å². The van der Waals surface area contributed by atoms with Crippen LogP contribution in [0.2, 0.25) is 0 Å². The van der Waals surface area contributed by atoms with Crippen molar-refractivity contribution in [1.29, 1.82) is 0 Å². The van der Waals surface area contributed by atoms with Crippen molar-refractivity contribution in [3.8, 4) is 0 Å². The van der Waals surface area contributed by atoms with Crippen molar-refractivity contribution in [3.63, 3.8) is 0 Å². The molecule has 0 radical (unpaired) electrons. The maximum Gasteiger partial charge on any atom is 0.416 e. The lowest BCUT2D eigenvalue weighted by molar-refractivity contribution is -0.137. The Hall–Kier alpha value is -2.06. The fraction of sp³-hybridized carbons (Fsp3) is 0.267. The van der Waals surface area contributed by atoms with Crippen LogP contribution in [-0.2, 0) is 6.18 Å². The molecule has 3 rings (SSSR count). The van der Waals surface area contributed by atoms with E-state index in [1.54, 1.807) is 12.1 Å². The van der Waals surface area contributed by atoms with E-state index >= 15 is 0 Å². The first-order valence-electron chi connectivity index (χ1n) is 6.86. The first-order valence-corrected chi connectivity index (χ1v) is 7.67. The smallest absolute Gasteiger partial charge is 0.416 e. The van der Waals surface area contributed by atoms with E-state index in [1.165, 1.54) is 23.7 Å². The number of fused-ring (bicyclic) bond motifs is 1. The molecule has 0 spiro atoms. The van der Waals surface area contributed by atoms with E-state index in [0.29, 0.717) is 22.0 Å². The Balaban J connectivity index is 1.87. The lowest BCUT2D eigenvalue weighted by Crippen LogP contribution is -2.11. The van der Waals surface area contributed by atoms with E-state index < -0.39 is 11.7 Å². The van der Waals surface area contributed by atoms with E-state index in [2.05, 4.69) is 10.3 Å². The van der Waals surface area contributed by atoms with Crippen molar-refractivity contribution in [2.24, 2.45) is 0 Å². The SMILES string of the molecule is OCCC(Nc1nc2cc(C(F)(F)F)ccc2s1)c1ccco1. The number of hydrogen-bond donors (Lipinski definition) is 2. The molecule has 4 nitrogen and oxygen atoms in total. The van der Waals surface area contributed by atoms with Gasteiger partial charge in [-0.1, -0.05) is 11.3 Å². The van der Waals surface area contributed by atoms with Gasteiger partial charge in [-0.25, -0.2) is 4.98 Å².